The Hall–Kier alpha value is -1.83. The molecule has 9 heteroatoms. The minimum Gasteiger partial charge on any atom is -0.351 e. The van der Waals surface area contributed by atoms with Gasteiger partial charge in [0.15, 0.2) is 4.33 Å². The summed E-state index contributed by atoms with van der Waals surface area (Å²) in [6.45, 7) is 0. The van der Waals surface area contributed by atoms with Crippen molar-refractivity contribution in [1.29, 1.82) is 0 Å². The van der Waals surface area contributed by atoms with Crippen LogP contribution >= 0.6 is 34.8 Å². The van der Waals surface area contributed by atoms with Crippen molar-refractivity contribution in [3.05, 3.63) is 89.6 Å². The monoisotopic (exact) mass is 455 g/mol. The molecule has 3 rings (SSSR count). The zero-order valence-corrected chi connectivity index (χ0v) is 17.5. The van der Waals surface area contributed by atoms with Crippen molar-refractivity contribution in [1.82, 2.24) is 9.71 Å². The molecular weight excluding hydrogens is 441 g/mol. The standard InChI is InChI=1S/C19H16Cl3N3O2S/c20-15-9-11-16(12-10-15)28(26,27)25-18(24-17-8-4-5-13-23-17)19(21,22)14-6-2-1-3-7-14/h1-13,18,25H,(H,23,24). The topological polar surface area (TPSA) is 71.1 Å². The highest BCUT2D eigenvalue weighted by atomic mass is 35.5. The number of hydrogen-bond acceptors (Lipinski definition) is 4. The van der Waals surface area contributed by atoms with E-state index in [1.807, 2.05) is 6.07 Å². The van der Waals surface area contributed by atoms with Gasteiger partial charge < -0.3 is 5.32 Å². The van der Waals surface area contributed by atoms with E-state index in [-0.39, 0.29) is 4.90 Å². The van der Waals surface area contributed by atoms with E-state index >= 15 is 0 Å². The SMILES string of the molecule is O=S(=O)(NC(Nc1ccccn1)C(Cl)(Cl)c1ccccc1)c1ccc(Cl)cc1. The molecule has 1 aromatic heterocycles. The molecule has 0 bridgehead atoms. The van der Waals surface area contributed by atoms with Crippen LogP contribution in [0.1, 0.15) is 5.56 Å². The fraction of sp³-hybridized carbons (Fsp3) is 0.105. The van der Waals surface area contributed by atoms with E-state index in [4.69, 9.17) is 34.8 Å². The molecule has 1 unspecified atom stereocenters. The number of benzene rings is 2. The number of pyridine rings is 1. The number of nitrogens with one attached hydrogen (secondary N) is 2. The Kier molecular flexibility index (Phi) is 6.47. The lowest BCUT2D eigenvalue weighted by atomic mass is 10.1. The normalized spacial score (nSPS) is 13.1. The van der Waals surface area contributed by atoms with Crippen molar-refractivity contribution in [2.45, 2.75) is 15.4 Å². The molecule has 0 aliphatic heterocycles. The van der Waals surface area contributed by atoms with Crippen LogP contribution in [0.2, 0.25) is 5.02 Å². The van der Waals surface area contributed by atoms with E-state index in [0.29, 0.717) is 16.4 Å². The largest absolute Gasteiger partial charge is 0.351 e. The summed E-state index contributed by atoms with van der Waals surface area (Å²) in [5, 5.41) is 3.39. The highest BCUT2D eigenvalue weighted by Crippen LogP contribution is 2.38. The van der Waals surface area contributed by atoms with Crippen molar-refractivity contribution in [2.24, 2.45) is 0 Å². The lowest BCUT2D eigenvalue weighted by molar-refractivity contribution is 0.546. The van der Waals surface area contributed by atoms with Gasteiger partial charge in [0.1, 0.15) is 12.0 Å². The summed E-state index contributed by atoms with van der Waals surface area (Å²) < 4.78 is 26.7. The molecule has 0 fully saturated rings. The number of anilines is 1. The molecule has 2 aromatic carbocycles. The first-order valence-electron chi connectivity index (χ1n) is 8.18. The Bertz CT molecular complexity index is 1020. The van der Waals surface area contributed by atoms with Gasteiger partial charge >= 0.3 is 0 Å². The highest BCUT2D eigenvalue weighted by Gasteiger charge is 2.40. The lowest BCUT2D eigenvalue weighted by Crippen LogP contribution is -2.50. The number of aromatic nitrogens is 1. The average Bonchev–Trinajstić information content (AvgIpc) is 2.69. The first-order chi connectivity index (χ1) is 13.3. The molecule has 28 heavy (non-hydrogen) atoms. The molecule has 0 saturated carbocycles. The second-order valence-electron chi connectivity index (χ2n) is 5.86. The molecule has 0 saturated heterocycles. The maximum atomic E-state index is 12.9. The molecule has 5 nitrogen and oxygen atoms in total. The van der Waals surface area contributed by atoms with Crippen LogP contribution in [0.25, 0.3) is 0 Å². The first-order valence-corrected chi connectivity index (χ1v) is 10.8. The van der Waals surface area contributed by atoms with Gasteiger partial charge in [0.25, 0.3) is 0 Å². The minimum atomic E-state index is -3.96. The van der Waals surface area contributed by atoms with E-state index in [1.165, 1.54) is 24.3 Å². The molecular formula is C19H16Cl3N3O2S. The van der Waals surface area contributed by atoms with Crippen LogP contribution in [0.3, 0.4) is 0 Å². The van der Waals surface area contributed by atoms with E-state index < -0.39 is 20.5 Å². The number of rotatable bonds is 7. The van der Waals surface area contributed by atoms with E-state index in [9.17, 15) is 8.42 Å². The quantitative estimate of drug-likeness (QED) is 0.396. The Morgan fingerprint density at radius 2 is 1.54 bits per heavy atom. The number of hydrogen-bond donors (Lipinski definition) is 2. The van der Waals surface area contributed by atoms with Gasteiger partial charge in [0.2, 0.25) is 10.0 Å². The van der Waals surface area contributed by atoms with E-state index in [0.717, 1.165) is 0 Å². The number of nitrogens with zero attached hydrogens (tertiary/aromatic N) is 1. The molecule has 146 valence electrons. The zero-order valence-electron chi connectivity index (χ0n) is 14.4. The first kappa shape index (κ1) is 20.9. The van der Waals surface area contributed by atoms with Crippen molar-refractivity contribution >= 4 is 50.6 Å². The average molecular weight is 457 g/mol. The van der Waals surface area contributed by atoms with Crippen LogP contribution in [0.15, 0.2) is 83.9 Å². The van der Waals surface area contributed by atoms with Crippen LogP contribution in [0.5, 0.6) is 0 Å². The smallest absolute Gasteiger partial charge is 0.242 e. The molecule has 0 spiro atoms. The van der Waals surface area contributed by atoms with Crippen LogP contribution in [-0.4, -0.2) is 19.6 Å². The summed E-state index contributed by atoms with van der Waals surface area (Å²) in [4.78, 5) is 4.19. The summed E-state index contributed by atoms with van der Waals surface area (Å²) in [6.07, 6.45) is 0.452. The predicted octanol–water partition coefficient (Wildman–Crippen LogP) is 4.78. The molecule has 2 N–H and O–H groups in total. The summed E-state index contributed by atoms with van der Waals surface area (Å²) in [5.74, 6) is 0.410. The summed E-state index contributed by atoms with van der Waals surface area (Å²) in [5.41, 5.74) is 0.519. The Labute approximate surface area is 178 Å². The summed E-state index contributed by atoms with van der Waals surface area (Å²) in [6, 6.07) is 19.7. The number of halogens is 3. The second kappa shape index (κ2) is 8.68. The number of alkyl halides is 2. The van der Waals surface area contributed by atoms with Crippen molar-refractivity contribution in [3.63, 3.8) is 0 Å². The van der Waals surface area contributed by atoms with E-state index in [1.54, 1.807) is 48.7 Å². The molecule has 0 aliphatic carbocycles. The zero-order chi connectivity index (χ0) is 20.2. The molecule has 0 radical (unpaired) electrons. The Balaban J connectivity index is 1.97. The fourth-order valence-corrected chi connectivity index (χ4v) is 4.36. The van der Waals surface area contributed by atoms with Gasteiger partial charge in [-0.3, -0.25) is 0 Å². The fourth-order valence-electron chi connectivity index (χ4n) is 2.45. The van der Waals surface area contributed by atoms with Gasteiger partial charge in [-0.25, -0.2) is 13.4 Å². The third-order valence-corrected chi connectivity index (χ3v) is 6.44. The maximum Gasteiger partial charge on any atom is 0.242 e. The molecule has 1 atom stereocenters. The van der Waals surface area contributed by atoms with Crippen molar-refractivity contribution < 1.29 is 8.42 Å². The third kappa shape index (κ3) is 4.96. The van der Waals surface area contributed by atoms with Gasteiger partial charge in [-0.1, -0.05) is 71.2 Å². The van der Waals surface area contributed by atoms with Crippen LogP contribution in [0, 0.1) is 0 Å². The van der Waals surface area contributed by atoms with Crippen LogP contribution in [-0.2, 0) is 14.4 Å². The van der Waals surface area contributed by atoms with Crippen LogP contribution in [0.4, 0.5) is 5.82 Å². The van der Waals surface area contributed by atoms with Gasteiger partial charge in [-0.2, -0.15) is 4.72 Å². The van der Waals surface area contributed by atoms with Gasteiger partial charge in [0.05, 0.1) is 4.90 Å². The number of sulfonamides is 1. The molecule has 0 aliphatic rings. The van der Waals surface area contributed by atoms with Crippen molar-refractivity contribution in [3.8, 4) is 0 Å². The second-order valence-corrected chi connectivity index (χ2v) is 9.39. The van der Waals surface area contributed by atoms with Crippen molar-refractivity contribution in [2.75, 3.05) is 5.32 Å². The van der Waals surface area contributed by atoms with Gasteiger partial charge in [-0.15, -0.1) is 0 Å². The molecule has 3 aromatic rings. The van der Waals surface area contributed by atoms with Gasteiger partial charge in [-0.05, 0) is 42.0 Å². The lowest BCUT2D eigenvalue weighted by Gasteiger charge is -2.32. The minimum absolute atomic E-state index is 0.0296. The Morgan fingerprint density at radius 3 is 2.14 bits per heavy atom. The molecule has 0 amide bonds. The third-order valence-electron chi connectivity index (χ3n) is 3.88. The maximum absolute atomic E-state index is 12.9. The summed E-state index contributed by atoms with van der Waals surface area (Å²) in [7, 11) is -3.96. The highest BCUT2D eigenvalue weighted by molar-refractivity contribution is 7.89. The van der Waals surface area contributed by atoms with Gasteiger partial charge in [0, 0.05) is 11.2 Å². The van der Waals surface area contributed by atoms with Crippen LogP contribution < -0.4 is 10.0 Å². The predicted molar refractivity (Wildman–Crippen MR) is 113 cm³/mol. The Morgan fingerprint density at radius 1 is 0.893 bits per heavy atom. The van der Waals surface area contributed by atoms with E-state index in [2.05, 4.69) is 15.0 Å². The molecule has 1 heterocycles. The summed E-state index contributed by atoms with van der Waals surface area (Å²) >= 11 is 19.1.